The summed E-state index contributed by atoms with van der Waals surface area (Å²) in [6.07, 6.45) is 4.91. The molecule has 0 spiro atoms. The van der Waals surface area contributed by atoms with Crippen molar-refractivity contribution in [3.05, 3.63) is 36.4 Å². The number of nitrogens with zero attached hydrogens (tertiary/aromatic N) is 4. The van der Waals surface area contributed by atoms with Crippen molar-refractivity contribution in [1.29, 1.82) is 0 Å². The van der Waals surface area contributed by atoms with Crippen LogP contribution in [0.15, 0.2) is 30.9 Å². The van der Waals surface area contributed by atoms with Crippen LogP contribution >= 0.6 is 0 Å². The zero-order chi connectivity index (χ0) is 13.2. The second-order valence-corrected chi connectivity index (χ2v) is 4.59. The van der Waals surface area contributed by atoms with E-state index in [-0.39, 0.29) is 5.91 Å². The van der Waals surface area contributed by atoms with Gasteiger partial charge in [0.2, 0.25) is 11.9 Å². The Morgan fingerprint density at radius 3 is 2.78 bits per heavy atom. The Kier molecular flexibility index (Phi) is 3.10. The van der Waals surface area contributed by atoms with E-state index in [1.54, 1.807) is 24.0 Å². The summed E-state index contributed by atoms with van der Waals surface area (Å²) >= 11 is 0. The second kappa shape index (κ2) is 4.56. The number of carbonyl (C=O) groups excluding carboxylic acids is 1. The third-order valence-corrected chi connectivity index (χ3v) is 2.89. The van der Waals surface area contributed by atoms with Crippen LogP contribution in [-0.4, -0.2) is 25.7 Å². The lowest BCUT2D eigenvalue weighted by Gasteiger charge is -2.23. The number of anilines is 1. The van der Waals surface area contributed by atoms with Crippen molar-refractivity contribution in [3.63, 3.8) is 0 Å². The van der Waals surface area contributed by atoms with Gasteiger partial charge in [-0.25, -0.2) is 0 Å². The molecule has 0 bridgehead atoms. The van der Waals surface area contributed by atoms with Gasteiger partial charge in [-0.2, -0.15) is 0 Å². The number of nitrogens with one attached hydrogen (secondary N) is 1. The lowest BCUT2D eigenvalue weighted by atomic mass is 9.85. The minimum Gasteiger partial charge on any atom is -0.303 e. The van der Waals surface area contributed by atoms with Crippen LogP contribution in [0.3, 0.4) is 0 Å². The molecule has 2 aromatic heterocycles. The van der Waals surface area contributed by atoms with E-state index in [0.717, 1.165) is 5.56 Å². The minimum absolute atomic E-state index is 0.147. The minimum atomic E-state index is -0.680. The van der Waals surface area contributed by atoms with E-state index in [2.05, 4.69) is 20.5 Å². The van der Waals surface area contributed by atoms with Crippen LogP contribution in [0.25, 0.3) is 0 Å². The molecule has 94 valence electrons. The first-order valence-electron chi connectivity index (χ1n) is 5.58. The quantitative estimate of drug-likeness (QED) is 0.879. The molecule has 0 unspecified atom stereocenters. The number of carbonyl (C=O) groups is 1. The Hall–Kier alpha value is -2.24. The normalized spacial score (nSPS) is 11.3. The van der Waals surface area contributed by atoms with Crippen LogP contribution in [0.5, 0.6) is 0 Å². The van der Waals surface area contributed by atoms with E-state index in [1.807, 2.05) is 26.0 Å². The average Bonchev–Trinajstić information content (AvgIpc) is 2.76. The van der Waals surface area contributed by atoms with Gasteiger partial charge in [-0.15, -0.1) is 10.2 Å². The summed E-state index contributed by atoms with van der Waals surface area (Å²) in [4.78, 5) is 16.3. The smallest absolute Gasteiger partial charge is 0.236 e. The number of amides is 1. The van der Waals surface area contributed by atoms with Crippen molar-refractivity contribution >= 4 is 11.9 Å². The Morgan fingerprint density at radius 2 is 2.22 bits per heavy atom. The van der Waals surface area contributed by atoms with Crippen LogP contribution in [0.4, 0.5) is 5.95 Å². The van der Waals surface area contributed by atoms with Gasteiger partial charge in [0, 0.05) is 19.4 Å². The van der Waals surface area contributed by atoms with Gasteiger partial charge in [-0.3, -0.25) is 15.1 Å². The Morgan fingerprint density at radius 1 is 1.44 bits per heavy atom. The third-order valence-electron chi connectivity index (χ3n) is 2.89. The summed E-state index contributed by atoms with van der Waals surface area (Å²) in [7, 11) is 1.77. The van der Waals surface area contributed by atoms with Gasteiger partial charge in [0.15, 0.2) is 0 Å². The molecule has 6 nitrogen and oxygen atoms in total. The van der Waals surface area contributed by atoms with Gasteiger partial charge >= 0.3 is 0 Å². The molecule has 0 aromatic carbocycles. The lowest BCUT2D eigenvalue weighted by Crippen LogP contribution is -2.35. The van der Waals surface area contributed by atoms with Gasteiger partial charge in [-0.05, 0) is 25.5 Å². The van der Waals surface area contributed by atoms with E-state index in [9.17, 15) is 4.79 Å². The molecule has 6 heteroatoms. The number of aryl methyl sites for hydroxylation is 1. The summed E-state index contributed by atoms with van der Waals surface area (Å²) in [5, 5.41) is 10.3. The Labute approximate surface area is 105 Å². The summed E-state index contributed by atoms with van der Waals surface area (Å²) in [5.41, 5.74) is 0.171. The maximum absolute atomic E-state index is 12.3. The molecule has 0 saturated heterocycles. The molecule has 0 saturated carbocycles. The first-order chi connectivity index (χ1) is 8.51. The maximum atomic E-state index is 12.3. The van der Waals surface area contributed by atoms with Crippen LogP contribution in [-0.2, 0) is 17.3 Å². The fraction of sp³-hybridized carbons (Fsp3) is 0.333. The molecule has 0 aliphatic carbocycles. The maximum Gasteiger partial charge on any atom is 0.236 e. The molecule has 0 atom stereocenters. The highest BCUT2D eigenvalue weighted by Crippen LogP contribution is 2.23. The van der Waals surface area contributed by atoms with Crippen LogP contribution < -0.4 is 5.32 Å². The van der Waals surface area contributed by atoms with Gasteiger partial charge in [0.25, 0.3) is 0 Å². The molecule has 2 heterocycles. The number of pyridine rings is 1. The molecule has 0 aliphatic rings. The summed E-state index contributed by atoms with van der Waals surface area (Å²) in [5.74, 6) is 0.281. The number of hydrogen-bond donors (Lipinski definition) is 1. The molecule has 18 heavy (non-hydrogen) atoms. The van der Waals surface area contributed by atoms with Crippen molar-refractivity contribution in [3.8, 4) is 0 Å². The van der Waals surface area contributed by atoms with Crippen molar-refractivity contribution in [2.45, 2.75) is 19.3 Å². The van der Waals surface area contributed by atoms with E-state index >= 15 is 0 Å². The monoisotopic (exact) mass is 245 g/mol. The molecule has 0 radical (unpaired) electrons. The van der Waals surface area contributed by atoms with E-state index in [1.165, 1.54) is 6.33 Å². The van der Waals surface area contributed by atoms with E-state index in [4.69, 9.17) is 0 Å². The van der Waals surface area contributed by atoms with Crippen molar-refractivity contribution in [1.82, 2.24) is 19.7 Å². The van der Waals surface area contributed by atoms with Crippen molar-refractivity contribution in [2.75, 3.05) is 5.32 Å². The highest BCUT2D eigenvalue weighted by molar-refractivity contribution is 5.97. The predicted molar refractivity (Wildman–Crippen MR) is 66.9 cm³/mol. The SMILES string of the molecule is Cn1cnnc1NC(=O)C(C)(C)c1cccnc1. The van der Waals surface area contributed by atoms with Crippen LogP contribution in [0.1, 0.15) is 19.4 Å². The van der Waals surface area contributed by atoms with Gasteiger partial charge in [0.05, 0.1) is 5.41 Å². The molecule has 2 aromatic rings. The first-order valence-corrected chi connectivity index (χ1v) is 5.58. The van der Waals surface area contributed by atoms with E-state index < -0.39 is 5.41 Å². The largest absolute Gasteiger partial charge is 0.303 e. The number of hydrogen-bond acceptors (Lipinski definition) is 4. The van der Waals surface area contributed by atoms with Gasteiger partial charge in [0.1, 0.15) is 6.33 Å². The topological polar surface area (TPSA) is 72.7 Å². The van der Waals surface area contributed by atoms with Crippen LogP contribution in [0, 0.1) is 0 Å². The number of aromatic nitrogens is 4. The average molecular weight is 245 g/mol. The fourth-order valence-electron chi connectivity index (χ4n) is 1.52. The Bertz CT molecular complexity index is 547. The lowest BCUT2D eigenvalue weighted by molar-refractivity contribution is -0.120. The van der Waals surface area contributed by atoms with Gasteiger partial charge in [-0.1, -0.05) is 6.07 Å². The van der Waals surface area contributed by atoms with Crippen molar-refractivity contribution < 1.29 is 4.79 Å². The van der Waals surface area contributed by atoms with Crippen molar-refractivity contribution in [2.24, 2.45) is 7.05 Å². The van der Waals surface area contributed by atoms with E-state index in [0.29, 0.717) is 5.95 Å². The van der Waals surface area contributed by atoms with Gasteiger partial charge < -0.3 is 4.57 Å². The zero-order valence-electron chi connectivity index (χ0n) is 10.6. The molecule has 1 N–H and O–H groups in total. The molecule has 2 rings (SSSR count). The fourth-order valence-corrected chi connectivity index (χ4v) is 1.52. The molecular weight excluding hydrogens is 230 g/mol. The molecule has 1 amide bonds. The highest BCUT2D eigenvalue weighted by atomic mass is 16.2. The zero-order valence-corrected chi connectivity index (χ0v) is 10.6. The summed E-state index contributed by atoms with van der Waals surface area (Å²) in [6, 6.07) is 3.69. The molecular formula is C12H15N5O. The third kappa shape index (κ3) is 2.22. The summed E-state index contributed by atoms with van der Waals surface area (Å²) in [6.45, 7) is 3.69. The number of rotatable bonds is 3. The summed E-state index contributed by atoms with van der Waals surface area (Å²) < 4.78 is 1.65. The highest BCUT2D eigenvalue weighted by Gasteiger charge is 2.30. The molecule has 0 fully saturated rings. The van der Waals surface area contributed by atoms with Crippen LogP contribution in [0.2, 0.25) is 0 Å². The standard InChI is InChI=1S/C12H15N5O/c1-12(2,9-5-4-6-13-7-9)10(18)15-11-16-14-8-17(11)3/h4-8H,1-3H3,(H,15,16,18). The Balaban J connectivity index is 2.21. The first kappa shape index (κ1) is 12.2. The predicted octanol–water partition coefficient (Wildman–Crippen LogP) is 1.13. The molecule has 0 aliphatic heterocycles. The second-order valence-electron chi connectivity index (χ2n) is 4.59.